The first-order valence-corrected chi connectivity index (χ1v) is 6.88. The van der Waals surface area contributed by atoms with Crippen LogP contribution in [0.3, 0.4) is 0 Å². The molecule has 100 valence electrons. The van der Waals surface area contributed by atoms with Crippen molar-refractivity contribution in [3.63, 3.8) is 0 Å². The lowest BCUT2D eigenvalue weighted by Crippen LogP contribution is -2.07. The number of hydrogen-bond acceptors (Lipinski definition) is 3. The second kappa shape index (κ2) is 5.72. The number of rotatable bonds is 3. The summed E-state index contributed by atoms with van der Waals surface area (Å²) in [5.74, 6) is 0.117. The van der Waals surface area contributed by atoms with Crippen LogP contribution in [0.15, 0.2) is 40.9 Å². The van der Waals surface area contributed by atoms with Crippen LogP contribution in [0.5, 0.6) is 11.5 Å². The van der Waals surface area contributed by atoms with Gasteiger partial charge in [-0.2, -0.15) is 0 Å². The summed E-state index contributed by atoms with van der Waals surface area (Å²) in [6.07, 6.45) is 0. The number of phenolic OH excluding ortho intramolecular Hbond substituents is 2. The Morgan fingerprint density at radius 2 is 1.79 bits per heavy atom. The Bertz CT molecular complexity index is 584. The number of nitrogens with one attached hydrogen (secondary N) is 1. The molecule has 2 aromatic rings. The minimum Gasteiger partial charge on any atom is -0.507 e. The molecule has 3 N–H and O–H groups in total. The Morgan fingerprint density at radius 3 is 2.37 bits per heavy atom. The van der Waals surface area contributed by atoms with Gasteiger partial charge in [0.25, 0.3) is 0 Å². The molecule has 0 amide bonds. The van der Waals surface area contributed by atoms with E-state index in [1.165, 1.54) is 0 Å². The zero-order valence-corrected chi connectivity index (χ0v) is 12.5. The lowest BCUT2D eigenvalue weighted by Gasteiger charge is -2.18. The average molecular weight is 343 g/mol. The molecule has 0 bridgehead atoms. The fourth-order valence-electron chi connectivity index (χ4n) is 1.89. The minimum absolute atomic E-state index is 0.0585. The van der Waals surface area contributed by atoms with Gasteiger partial charge in [0.15, 0.2) is 0 Å². The SMILES string of the molecule is CC(Nc1ccc(Br)c(Cl)c1)c1c(O)cccc1O. The number of benzene rings is 2. The van der Waals surface area contributed by atoms with Gasteiger partial charge in [-0.3, -0.25) is 0 Å². The summed E-state index contributed by atoms with van der Waals surface area (Å²) < 4.78 is 0.817. The fraction of sp³-hybridized carbons (Fsp3) is 0.143. The monoisotopic (exact) mass is 341 g/mol. The molecular formula is C14H13BrClNO2. The van der Waals surface area contributed by atoms with Crippen LogP contribution < -0.4 is 5.32 Å². The van der Waals surface area contributed by atoms with Crippen molar-refractivity contribution < 1.29 is 10.2 Å². The molecule has 0 aromatic heterocycles. The van der Waals surface area contributed by atoms with Gasteiger partial charge in [-0.25, -0.2) is 0 Å². The summed E-state index contributed by atoms with van der Waals surface area (Å²) in [5.41, 5.74) is 1.27. The van der Waals surface area contributed by atoms with E-state index in [1.807, 2.05) is 19.1 Å². The van der Waals surface area contributed by atoms with Crippen molar-refractivity contribution in [2.45, 2.75) is 13.0 Å². The van der Waals surface area contributed by atoms with E-state index < -0.39 is 0 Å². The third kappa shape index (κ3) is 3.14. The largest absolute Gasteiger partial charge is 0.507 e. The van der Waals surface area contributed by atoms with Crippen molar-refractivity contribution >= 4 is 33.2 Å². The van der Waals surface area contributed by atoms with Gasteiger partial charge in [-0.1, -0.05) is 17.7 Å². The van der Waals surface area contributed by atoms with Crippen molar-refractivity contribution in [3.05, 3.63) is 51.5 Å². The second-order valence-electron chi connectivity index (χ2n) is 4.20. The highest BCUT2D eigenvalue weighted by atomic mass is 79.9. The van der Waals surface area contributed by atoms with Gasteiger partial charge in [0.2, 0.25) is 0 Å². The summed E-state index contributed by atoms with van der Waals surface area (Å²) in [6.45, 7) is 1.85. The summed E-state index contributed by atoms with van der Waals surface area (Å²) >= 11 is 9.34. The Kier molecular flexibility index (Phi) is 4.22. The van der Waals surface area contributed by atoms with Gasteiger partial charge >= 0.3 is 0 Å². The van der Waals surface area contributed by atoms with E-state index in [9.17, 15) is 10.2 Å². The van der Waals surface area contributed by atoms with Gasteiger partial charge in [0.05, 0.1) is 16.6 Å². The number of phenols is 2. The molecule has 0 heterocycles. The fourth-order valence-corrected chi connectivity index (χ4v) is 2.32. The van der Waals surface area contributed by atoms with E-state index in [0.29, 0.717) is 10.6 Å². The number of anilines is 1. The Balaban J connectivity index is 2.25. The Hall–Kier alpha value is -1.39. The summed E-state index contributed by atoms with van der Waals surface area (Å²) in [7, 11) is 0. The van der Waals surface area contributed by atoms with Crippen molar-refractivity contribution in [1.82, 2.24) is 0 Å². The van der Waals surface area contributed by atoms with Gasteiger partial charge in [-0.05, 0) is 53.2 Å². The van der Waals surface area contributed by atoms with Crippen LogP contribution in [-0.4, -0.2) is 10.2 Å². The Labute approximate surface area is 125 Å². The van der Waals surface area contributed by atoms with Crippen LogP contribution in [-0.2, 0) is 0 Å². The molecule has 0 aliphatic carbocycles. The van der Waals surface area contributed by atoms with Gasteiger partial charge < -0.3 is 15.5 Å². The molecule has 0 aliphatic rings. The molecule has 3 nitrogen and oxygen atoms in total. The number of aromatic hydroxyl groups is 2. The lowest BCUT2D eigenvalue weighted by molar-refractivity contribution is 0.434. The zero-order chi connectivity index (χ0) is 14.0. The quantitative estimate of drug-likeness (QED) is 0.758. The molecule has 2 aromatic carbocycles. The zero-order valence-electron chi connectivity index (χ0n) is 10.2. The minimum atomic E-state index is -0.251. The molecule has 0 saturated carbocycles. The molecule has 0 fully saturated rings. The molecule has 19 heavy (non-hydrogen) atoms. The molecule has 1 unspecified atom stereocenters. The molecule has 2 rings (SSSR count). The highest BCUT2D eigenvalue weighted by Gasteiger charge is 2.15. The van der Waals surface area contributed by atoms with Crippen LogP contribution >= 0.6 is 27.5 Å². The molecular weight excluding hydrogens is 330 g/mol. The topological polar surface area (TPSA) is 52.5 Å². The standard InChI is InChI=1S/C14H13BrClNO2/c1-8(14-12(18)3-2-4-13(14)19)17-9-5-6-10(15)11(16)7-9/h2-8,17-19H,1H3. The van der Waals surface area contributed by atoms with Gasteiger partial charge in [0.1, 0.15) is 11.5 Å². The first kappa shape index (κ1) is 14.0. The van der Waals surface area contributed by atoms with E-state index in [4.69, 9.17) is 11.6 Å². The second-order valence-corrected chi connectivity index (χ2v) is 5.47. The maximum absolute atomic E-state index is 9.80. The van der Waals surface area contributed by atoms with Crippen molar-refractivity contribution in [3.8, 4) is 11.5 Å². The summed E-state index contributed by atoms with van der Waals surface area (Å²) in [4.78, 5) is 0. The number of halogens is 2. The first-order chi connectivity index (χ1) is 8.99. The molecule has 0 spiro atoms. The van der Waals surface area contributed by atoms with E-state index in [1.54, 1.807) is 24.3 Å². The highest BCUT2D eigenvalue weighted by Crippen LogP contribution is 2.35. The van der Waals surface area contributed by atoms with Crippen LogP contribution in [0, 0.1) is 0 Å². The lowest BCUT2D eigenvalue weighted by atomic mass is 10.1. The van der Waals surface area contributed by atoms with Crippen molar-refractivity contribution in [2.24, 2.45) is 0 Å². The van der Waals surface area contributed by atoms with E-state index in [-0.39, 0.29) is 17.5 Å². The molecule has 5 heteroatoms. The summed E-state index contributed by atoms with van der Waals surface area (Å²) in [5, 5.41) is 23.4. The number of hydrogen-bond donors (Lipinski definition) is 3. The smallest absolute Gasteiger partial charge is 0.124 e. The van der Waals surface area contributed by atoms with E-state index in [0.717, 1.165) is 10.2 Å². The van der Waals surface area contributed by atoms with Crippen LogP contribution in [0.2, 0.25) is 5.02 Å². The van der Waals surface area contributed by atoms with Crippen molar-refractivity contribution in [1.29, 1.82) is 0 Å². The molecule has 0 saturated heterocycles. The molecule has 0 aliphatic heterocycles. The van der Waals surface area contributed by atoms with Crippen LogP contribution in [0.4, 0.5) is 5.69 Å². The van der Waals surface area contributed by atoms with E-state index >= 15 is 0 Å². The third-order valence-electron chi connectivity index (χ3n) is 2.80. The normalized spacial score (nSPS) is 12.2. The highest BCUT2D eigenvalue weighted by molar-refractivity contribution is 9.10. The van der Waals surface area contributed by atoms with E-state index in [2.05, 4.69) is 21.2 Å². The molecule has 1 atom stereocenters. The van der Waals surface area contributed by atoms with Gasteiger partial charge in [0, 0.05) is 10.2 Å². The van der Waals surface area contributed by atoms with Gasteiger partial charge in [-0.15, -0.1) is 0 Å². The predicted molar refractivity (Wildman–Crippen MR) is 81.0 cm³/mol. The molecule has 0 radical (unpaired) electrons. The third-order valence-corrected chi connectivity index (χ3v) is 4.03. The Morgan fingerprint density at radius 1 is 1.16 bits per heavy atom. The average Bonchev–Trinajstić information content (AvgIpc) is 2.33. The maximum atomic E-state index is 9.80. The van der Waals surface area contributed by atoms with Crippen LogP contribution in [0.1, 0.15) is 18.5 Å². The summed E-state index contributed by atoms with van der Waals surface area (Å²) in [6, 6.07) is 9.91. The van der Waals surface area contributed by atoms with Crippen LogP contribution in [0.25, 0.3) is 0 Å². The predicted octanol–water partition coefficient (Wildman–Crippen LogP) is 4.69. The first-order valence-electron chi connectivity index (χ1n) is 5.71. The van der Waals surface area contributed by atoms with Crippen molar-refractivity contribution in [2.75, 3.05) is 5.32 Å². The maximum Gasteiger partial charge on any atom is 0.124 e.